The van der Waals surface area contributed by atoms with Crippen molar-refractivity contribution < 1.29 is 24.5 Å². The maximum Gasteiger partial charge on any atom is 0.410 e. The lowest BCUT2D eigenvalue weighted by Crippen LogP contribution is -2.71. The van der Waals surface area contributed by atoms with Crippen LogP contribution in [0.15, 0.2) is 0 Å². The number of aliphatic carboxylic acids is 1. The summed E-state index contributed by atoms with van der Waals surface area (Å²) in [6.45, 7) is 8.05. The van der Waals surface area contributed by atoms with Crippen LogP contribution in [0.1, 0.15) is 40.5 Å². The summed E-state index contributed by atoms with van der Waals surface area (Å²) >= 11 is 0. The summed E-state index contributed by atoms with van der Waals surface area (Å²) in [7, 11) is 0. The van der Waals surface area contributed by atoms with E-state index in [0.717, 1.165) is 0 Å². The van der Waals surface area contributed by atoms with Gasteiger partial charge < -0.3 is 25.2 Å². The second kappa shape index (κ2) is 6.62. The van der Waals surface area contributed by atoms with Crippen molar-refractivity contribution in [3.63, 3.8) is 0 Å². The van der Waals surface area contributed by atoms with Crippen molar-refractivity contribution in [1.82, 2.24) is 10.2 Å². The van der Waals surface area contributed by atoms with Crippen molar-refractivity contribution in [1.29, 1.82) is 0 Å². The monoisotopic (exact) mass is 302 g/mol. The van der Waals surface area contributed by atoms with Crippen molar-refractivity contribution in [2.75, 3.05) is 19.6 Å². The molecular formula is C14H26N2O5. The number of ether oxygens (including phenoxy) is 1. The number of aliphatic hydroxyl groups excluding tert-OH is 1. The molecule has 1 amide bonds. The Morgan fingerprint density at radius 3 is 2.38 bits per heavy atom. The van der Waals surface area contributed by atoms with E-state index in [4.69, 9.17) is 9.84 Å². The fourth-order valence-corrected chi connectivity index (χ4v) is 2.19. The molecule has 122 valence electrons. The van der Waals surface area contributed by atoms with Gasteiger partial charge >= 0.3 is 12.1 Å². The smallest absolute Gasteiger partial charge is 0.410 e. The highest BCUT2D eigenvalue weighted by Crippen LogP contribution is 2.26. The average molecular weight is 302 g/mol. The molecule has 0 spiro atoms. The van der Waals surface area contributed by atoms with E-state index in [1.54, 1.807) is 20.8 Å². The van der Waals surface area contributed by atoms with E-state index >= 15 is 0 Å². The quantitative estimate of drug-likeness (QED) is 0.671. The molecular weight excluding hydrogens is 276 g/mol. The van der Waals surface area contributed by atoms with Crippen LogP contribution in [0.25, 0.3) is 0 Å². The maximum absolute atomic E-state index is 11.9. The highest BCUT2D eigenvalue weighted by atomic mass is 16.6. The van der Waals surface area contributed by atoms with Gasteiger partial charge in [-0.15, -0.1) is 0 Å². The van der Waals surface area contributed by atoms with E-state index in [1.807, 2.05) is 6.92 Å². The van der Waals surface area contributed by atoms with Gasteiger partial charge in [-0.2, -0.15) is 0 Å². The molecule has 0 saturated carbocycles. The Morgan fingerprint density at radius 2 is 1.95 bits per heavy atom. The Labute approximate surface area is 125 Å². The summed E-state index contributed by atoms with van der Waals surface area (Å²) in [6.07, 6.45) is -0.470. The minimum Gasteiger partial charge on any atom is -0.481 e. The zero-order valence-electron chi connectivity index (χ0n) is 13.2. The zero-order valence-corrected chi connectivity index (χ0v) is 13.2. The van der Waals surface area contributed by atoms with Crippen LogP contribution in [0, 0.1) is 0 Å². The molecule has 0 aromatic heterocycles. The van der Waals surface area contributed by atoms with Gasteiger partial charge in [-0.1, -0.05) is 6.92 Å². The fourth-order valence-electron chi connectivity index (χ4n) is 2.19. The lowest BCUT2D eigenvalue weighted by Gasteiger charge is -2.50. The van der Waals surface area contributed by atoms with Crippen LogP contribution in [-0.2, 0) is 9.53 Å². The van der Waals surface area contributed by atoms with Crippen LogP contribution in [0.2, 0.25) is 0 Å². The van der Waals surface area contributed by atoms with E-state index in [0.29, 0.717) is 13.0 Å². The van der Waals surface area contributed by atoms with Gasteiger partial charge in [0.05, 0.1) is 18.1 Å². The topological polar surface area (TPSA) is 99.1 Å². The largest absolute Gasteiger partial charge is 0.481 e. The molecule has 1 rings (SSSR count). The normalized spacial score (nSPS) is 18.8. The number of carbonyl (C=O) groups is 2. The Hall–Kier alpha value is -1.34. The molecule has 1 aliphatic rings. The highest BCUT2D eigenvalue weighted by Gasteiger charge is 2.47. The van der Waals surface area contributed by atoms with Crippen LogP contribution < -0.4 is 5.32 Å². The van der Waals surface area contributed by atoms with E-state index in [9.17, 15) is 14.7 Å². The van der Waals surface area contributed by atoms with Gasteiger partial charge in [0, 0.05) is 19.6 Å². The second-order valence-corrected chi connectivity index (χ2v) is 6.63. The molecule has 1 fully saturated rings. The molecule has 7 heteroatoms. The molecule has 1 saturated heterocycles. The standard InChI is InChI=1S/C14H26N2O5/c1-5-10(17)7-15-14(6-11(18)19)8-16(9-14)12(20)21-13(2,3)4/h10,15,17H,5-9H2,1-4H3,(H,18,19). The third-order valence-electron chi connectivity index (χ3n) is 3.31. The van der Waals surface area contributed by atoms with Gasteiger partial charge in [0.25, 0.3) is 0 Å². The van der Waals surface area contributed by atoms with Crippen molar-refractivity contribution >= 4 is 12.1 Å². The maximum atomic E-state index is 11.9. The number of amides is 1. The number of hydrogen-bond acceptors (Lipinski definition) is 5. The lowest BCUT2D eigenvalue weighted by atomic mass is 9.86. The molecule has 0 aromatic rings. The third-order valence-corrected chi connectivity index (χ3v) is 3.31. The van der Waals surface area contributed by atoms with Crippen LogP contribution in [0.3, 0.4) is 0 Å². The Kier molecular flexibility index (Phi) is 5.58. The van der Waals surface area contributed by atoms with E-state index in [1.165, 1.54) is 4.90 Å². The summed E-state index contributed by atoms with van der Waals surface area (Å²) in [4.78, 5) is 24.3. The van der Waals surface area contributed by atoms with E-state index in [-0.39, 0.29) is 19.5 Å². The van der Waals surface area contributed by atoms with Crippen LogP contribution in [0.5, 0.6) is 0 Å². The van der Waals surface area contributed by atoms with Gasteiger partial charge in [-0.05, 0) is 27.2 Å². The number of rotatable bonds is 6. The highest BCUT2D eigenvalue weighted by molar-refractivity contribution is 5.73. The SMILES string of the molecule is CCC(O)CNC1(CC(=O)O)CN(C(=O)OC(C)(C)C)C1. The number of nitrogens with one attached hydrogen (secondary N) is 1. The Morgan fingerprint density at radius 1 is 1.38 bits per heavy atom. The minimum atomic E-state index is -0.933. The third kappa shape index (κ3) is 5.51. The van der Waals surface area contributed by atoms with E-state index < -0.39 is 29.3 Å². The number of carbonyl (C=O) groups excluding carboxylic acids is 1. The first-order chi connectivity index (χ1) is 9.57. The molecule has 1 unspecified atom stereocenters. The van der Waals surface area contributed by atoms with Gasteiger partial charge in [0.15, 0.2) is 0 Å². The van der Waals surface area contributed by atoms with Crippen molar-refractivity contribution in [3.05, 3.63) is 0 Å². The first kappa shape index (κ1) is 17.7. The van der Waals surface area contributed by atoms with Crippen molar-refractivity contribution in [2.24, 2.45) is 0 Å². The molecule has 7 nitrogen and oxygen atoms in total. The zero-order chi connectivity index (χ0) is 16.3. The molecule has 21 heavy (non-hydrogen) atoms. The first-order valence-electron chi connectivity index (χ1n) is 7.20. The predicted octanol–water partition coefficient (Wildman–Crippen LogP) is 0.811. The number of carboxylic acids is 1. The number of carboxylic acid groups (broad SMARTS) is 1. The van der Waals surface area contributed by atoms with Crippen LogP contribution >= 0.6 is 0 Å². The van der Waals surface area contributed by atoms with Gasteiger partial charge in [0.2, 0.25) is 0 Å². The van der Waals surface area contributed by atoms with Gasteiger partial charge in [-0.3, -0.25) is 4.79 Å². The van der Waals surface area contributed by atoms with Crippen LogP contribution in [0.4, 0.5) is 4.79 Å². The molecule has 1 atom stereocenters. The average Bonchev–Trinajstić information content (AvgIpc) is 2.28. The first-order valence-corrected chi connectivity index (χ1v) is 7.20. The molecule has 1 heterocycles. The van der Waals surface area contributed by atoms with Crippen molar-refractivity contribution in [2.45, 2.75) is 57.8 Å². The molecule has 0 radical (unpaired) electrons. The summed E-state index contributed by atoms with van der Waals surface area (Å²) in [5.74, 6) is -0.933. The number of likely N-dealkylation sites (tertiary alicyclic amines) is 1. The fraction of sp³-hybridized carbons (Fsp3) is 0.857. The Bertz CT molecular complexity index is 385. The molecule has 1 aliphatic heterocycles. The minimum absolute atomic E-state index is 0.0945. The van der Waals surface area contributed by atoms with E-state index in [2.05, 4.69) is 5.32 Å². The number of hydrogen-bond donors (Lipinski definition) is 3. The van der Waals surface area contributed by atoms with Gasteiger partial charge in [0.1, 0.15) is 5.60 Å². The summed E-state index contributed by atoms with van der Waals surface area (Å²) < 4.78 is 5.25. The van der Waals surface area contributed by atoms with Crippen LogP contribution in [-0.4, -0.2) is 64.1 Å². The molecule has 0 aliphatic carbocycles. The van der Waals surface area contributed by atoms with Crippen molar-refractivity contribution in [3.8, 4) is 0 Å². The predicted molar refractivity (Wildman–Crippen MR) is 77.1 cm³/mol. The number of nitrogens with zero attached hydrogens (tertiary/aromatic N) is 1. The number of β-amino-alcohol motifs (C(OH)–C–C–N with tert-alkyl or cyclic N) is 1. The molecule has 0 aromatic carbocycles. The summed E-state index contributed by atoms with van der Waals surface area (Å²) in [6, 6.07) is 0. The lowest BCUT2D eigenvalue weighted by molar-refractivity contribution is -0.141. The Balaban J connectivity index is 2.57. The molecule has 0 bridgehead atoms. The molecule has 3 N–H and O–H groups in total. The number of aliphatic hydroxyl groups is 1. The van der Waals surface area contributed by atoms with Gasteiger partial charge in [-0.25, -0.2) is 4.79 Å². The second-order valence-electron chi connectivity index (χ2n) is 6.63. The summed E-state index contributed by atoms with van der Waals surface area (Å²) in [5.41, 5.74) is -1.26. The summed E-state index contributed by atoms with van der Waals surface area (Å²) in [5, 5.41) is 21.7.